The summed E-state index contributed by atoms with van der Waals surface area (Å²) in [6, 6.07) is 5.11. The molecule has 0 bridgehead atoms. The second kappa shape index (κ2) is 6.08. The predicted molar refractivity (Wildman–Crippen MR) is 72.6 cm³/mol. The van der Waals surface area contributed by atoms with Crippen molar-refractivity contribution in [3.63, 3.8) is 0 Å². The Labute approximate surface area is 128 Å². The number of ether oxygens (including phenoxy) is 1. The molecule has 0 atom stereocenters. The second-order valence-corrected chi connectivity index (χ2v) is 4.65. The number of nitriles is 1. The Bertz CT molecular complexity index is 768. The van der Waals surface area contributed by atoms with E-state index in [1.165, 1.54) is 25.1 Å². The van der Waals surface area contributed by atoms with E-state index in [0.29, 0.717) is 0 Å². The van der Waals surface area contributed by atoms with Crippen LogP contribution in [0.25, 0.3) is 0 Å². The van der Waals surface area contributed by atoms with Crippen molar-refractivity contribution in [1.82, 2.24) is 9.97 Å². The Hall–Kier alpha value is -2.89. The van der Waals surface area contributed by atoms with Crippen molar-refractivity contribution in [3.8, 4) is 17.8 Å². The number of hydrogen-bond donors (Lipinski definition) is 0. The molecule has 0 spiro atoms. The van der Waals surface area contributed by atoms with Gasteiger partial charge in [0, 0.05) is 20.2 Å². The number of halogens is 4. The summed E-state index contributed by atoms with van der Waals surface area (Å²) in [5, 5.41) is 8.65. The van der Waals surface area contributed by atoms with Crippen LogP contribution in [-0.2, 0) is 6.18 Å². The molecule has 0 aliphatic heterocycles. The molecule has 120 valence electrons. The zero-order valence-electron chi connectivity index (χ0n) is 12.0. The monoisotopic (exact) mass is 326 g/mol. The molecule has 2 rings (SSSR count). The van der Waals surface area contributed by atoms with Crippen LogP contribution in [0, 0.1) is 17.1 Å². The third kappa shape index (κ3) is 3.85. The molecule has 0 aliphatic rings. The second-order valence-electron chi connectivity index (χ2n) is 4.65. The van der Waals surface area contributed by atoms with E-state index in [9.17, 15) is 17.6 Å². The fourth-order valence-corrected chi connectivity index (χ4v) is 1.58. The van der Waals surface area contributed by atoms with E-state index >= 15 is 0 Å². The molecule has 0 amide bonds. The van der Waals surface area contributed by atoms with Crippen LogP contribution >= 0.6 is 0 Å². The predicted octanol–water partition coefficient (Wildman–Crippen LogP) is 3.36. The van der Waals surface area contributed by atoms with Crippen molar-refractivity contribution in [2.24, 2.45) is 0 Å². The highest BCUT2D eigenvalue weighted by Crippen LogP contribution is 2.32. The van der Waals surface area contributed by atoms with Crippen LogP contribution in [0.15, 0.2) is 24.3 Å². The van der Waals surface area contributed by atoms with Gasteiger partial charge in [-0.05, 0) is 18.2 Å². The van der Waals surface area contributed by atoms with Gasteiger partial charge in [-0.1, -0.05) is 0 Å². The Morgan fingerprint density at radius 2 is 1.87 bits per heavy atom. The molecule has 0 radical (unpaired) electrons. The normalized spacial score (nSPS) is 11.0. The van der Waals surface area contributed by atoms with Crippen molar-refractivity contribution in [2.45, 2.75) is 6.18 Å². The van der Waals surface area contributed by atoms with Gasteiger partial charge in [0.2, 0.25) is 0 Å². The quantitative estimate of drug-likeness (QED) is 0.809. The average molecular weight is 326 g/mol. The van der Waals surface area contributed by atoms with Gasteiger partial charge < -0.3 is 9.64 Å². The zero-order chi connectivity index (χ0) is 17.2. The standard InChI is InChI=1S/C14H10F4N4O/c1-22(2)12-6-11(14(16,17)18)20-13(21-12)23-10-4-3-8(7-19)5-9(10)15/h3-6H,1-2H3. The smallest absolute Gasteiger partial charge is 0.421 e. The summed E-state index contributed by atoms with van der Waals surface area (Å²) in [5.41, 5.74) is -1.16. The Morgan fingerprint density at radius 1 is 1.17 bits per heavy atom. The number of alkyl halides is 3. The third-order valence-corrected chi connectivity index (χ3v) is 2.70. The summed E-state index contributed by atoms with van der Waals surface area (Å²) in [4.78, 5) is 8.37. The van der Waals surface area contributed by atoms with Crippen molar-refractivity contribution in [3.05, 3.63) is 41.3 Å². The fourth-order valence-electron chi connectivity index (χ4n) is 1.58. The molecule has 0 aliphatic carbocycles. The first-order valence-corrected chi connectivity index (χ1v) is 6.22. The lowest BCUT2D eigenvalue weighted by molar-refractivity contribution is -0.141. The highest BCUT2D eigenvalue weighted by Gasteiger charge is 2.34. The van der Waals surface area contributed by atoms with Crippen molar-refractivity contribution in [2.75, 3.05) is 19.0 Å². The van der Waals surface area contributed by atoms with E-state index in [1.54, 1.807) is 6.07 Å². The molecular formula is C14H10F4N4O. The van der Waals surface area contributed by atoms with Crippen LogP contribution in [0.4, 0.5) is 23.4 Å². The minimum atomic E-state index is -4.70. The lowest BCUT2D eigenvalue weighted by Crippen LogP contribution is -2.16. The van der Waals surface area contributed by atoms with Crippen molar-refractivity contribution in [1.29, 1.82) is 5.26 Å². The lowest BCUT2D eigenvalue weighted by atomic mass is 10.2. The minimum Gasteiger partial charge on any atom is -0.421 e. The van der Waals surface area contributed by atoms with Crippen LogP contribution in [0.1, 0.15) is 11.3 Å². The number of anilines is 1. The molecule has 1 heterocycles. The zero-order valence-corrected chi connectivity index (χ0v) is 12.0. The Kier molecular flexibility index (Phi) is 4.36. The van der Waals surface area contributed by atoms with Gasteiger partial charge in [-0.2, -0.15) is 28.4 Å². The SMILES string of the molecule is CN(C)c1cc(C(F)(F)F)nc(Oc2ccc(C#N)cc2F)n1. The summed E-state index contributed by atoms with van der Waals surface area (Å²) >= 11 is 0. The number of benzene rings is 1. The average Bonchev–Trinajstić information content (AvgIpc) is 2.48. The summed E-state index contributed by atoms with van der Waals surface area (Å²) in [5.74, 6) is -1.33. The van der Waals surface area contributed by atoms with Gasteiger partial charge in [-0.25, -0.2) is 4.39 Å². The minimum absolute atomic E-state index is 0.0450. The van der Waals surface area contributed by atoms with E-state index in [-0.39, 0.29) is 17.1 Å². The fraction of sp³-hybridized carbons (Fsp3) is 0.214. The van der Waals surface area contributed by atoms with Gasteiger partial charge in [0.05, 0.1) is 11.6 Å². The van der Waals surface area contributed by atoms with Crippen LogP contribution < -0.4 is 9.64 Å². The van der Waals surface area contributed by atoms with E-state index in [2.05, 4.69) is 9.97 Å². The van der Waals surface area contributed by atoms with Crippen LogP contribution in [-0.4, -0.2) is 24.1 Å². The van der Waals surface area contributed by atoms with E-state index in [0.717, 1.165) is 18.2 Å². The van der Waals surface area contributed by atoms with E-state index in [1.807, 2.05) is 0 Å². The molecule has 0 N–H and O–H groups in total. The molecular weight excluding hydrogens is 316 g/mol. The van der Waals surface area contributed by atoms with Gasteiger partial charge in [-0.15, -0.1) is 0 Å². The van der Waals surface area contributed by atoms with Crippen LogP contribution in [0.5, 0.6) is 11.8 Å². The first-order valence-electron chi connectivity index (χ1n) is 6.22. The van der Waals surface area contributed by atoms with Gasteiger partial charge in [0.1, 0.15) is 5.82 Å². The maximum absolute atomic E-state index is 13.8. The van der Waals surface area contributed by atoms with Gasteiger partial charge in [-0.3, -0.25) is 0 Å². The molecule has 5 nitrogen and oxygen atoms in total. The number of aromatic nitrogens is 2. The number of hydrogen-bond acceptors (Lipinski definition) is 5. The highest BCUT2D eigenvalue weighted by atomic mass is 19.4. The molecule has 9 heteroatoms. The molecule has 0 saturated heterocycles. The molecule has 0 fully saturated rings. The third-order valence-electron chi connectivity index (χ3n) is 2.70. The first-order chi connectivity index (χ1) is 10.7. The first kappa shape index (κ1) is 16.5. The van der Waals surface area contributed by atoms with E-state index < -0.39 is 23.7 Å². The topological polar surface area (TPSA) is 62.0 Å². The van der Waals surface area contributed by atoms with Crippen LogP contribution in [0.3, 0.4) is 0 Å². The molecule has 1 aromatic carbocycles. The largest absolute Gasteiger partial charge is 0.433 e. The number of rotatable bonds is 3. The Balaban J connectivity index is 2.43. The molecule has 2 aromatic rings. The molecule has 23 heavy (non-hydrogen) atoms. The summed E-state index contributed by atoms with van der Waals surface area (Å²) in [7, 11) is 2.99. The summed E-state index contributed by atoms with van der Waals surface area (Å²) in [6.07, 6.45) is -4.70. The van der Waals surface area contributed by atoms with Gasteiger partial charge in [0.25, 0.3) is 0 Å². The van der Waals surface area contributed by atoms with Crippen molar-refractivity contribution < 1.29 is 22.3 Å². The maximum Gasteiger partial charge on any atom is 0.433 e. The van der Waals surface area contributed by atoms with Gasteiger partial charge >= 0.3 is 12.2 Å². The van der Waals surface area contributed by atoms with Crippen molar-refractivity contribution >= 4 is 5.82 Å². The van der Waals surface area contributed by atoms with E-state index in [4.69, 9.17) is 10.00 Å². The summed E-state index contributed by atoms with van der Waals surface area (Å²) < 4.78 is 57.3. The molecule has 0 saturated carbocycles. The molecule has 1 aromatic heterocycles. The Morgan fingerprint density at radius 3 is 2.39 bits per heavy atom. The molecule has 0 unspecified atom stereocenters. The highest BCUT2D eigenvalue weighted by molar-refractivity contribution is 5.41. The van der Waals surface area contributed by atoms with Crippen LogP contribution in [0.2, 0.25) is 0 Å². The summed E-state index contributed by atoms with van der Waals surface area (Å²) in [6.45, 7) is 0. The number of nitrogens with zero attached hydrogens (tertiary/aromatic N) is 4. The van der Waals surface area contributed by atoms with Gasteiger partial charge in [0.15, 0.2) is 17.3 Å². The lowest BCUT2D eigenvalue weighted by Gasteiger charge is -2.15. The maximum atomic E-state index is 13.8.